The Morgan fingerprint density at radius 2 is 1.71 bits per heavy atom. The predicted octanol–water partition coefficient (Wildman–Crippen LogP) is 3.13. The van der Waals surface area contributed by atoms with Crippen LogP contribution in [-0.4, -0.2) is 37.6 Å². The summed E-state index contributed by atoms with van der Waals surface area (Å²) in [5, 5.41) is 3.59. The van der Waals surface area contributed by atoms with Gasteiger partial charge in [-0.25, -0.2) is 0 Å². The Bertz CT molecular complexity index is 190. The number of nitrogens with zero attached hydrogens (tertiary/aromatic N) is 1. The second kappa shape index (κ2) is 7.38. The van der Waals surface area contributed by atoms with E-state index in [4.69, 9.17) is 0 Å². The maximum atomic E-state index is 3.59. The molecule has 1 aliphatic heterocycles. The van der Waals surface area contributed by atoms with Crippen LogP contribution in [0.4, 0.5) is 0 Å². The molecule has 0 bridgehead atoms. The Morgan fingerprint density at radius 1 is 1.06 bits per heavy atom. The van der Waals surface area contributed by atoms with Crippen LogP contribution in [0.5, 0.6) is 0 Å². The average Bonchev–Trinajstić information content (AvgIpc) is 2.28. The molecule has 0 aromatic rings. The second-order valence-corrected chi connectivity index (χ2v) is 6.71. The molecule has 1 heterocycles. The monoisotopic (exact) mass is 240 g/mol. The van der Waals surface area contributed by atoms with E-state index < -0.39 is 0 Å². The van der Waals surface area contributed by atoms with Crippen LogP contribution in [0.25, 0.3) is 0 Å². The summed E-state index contributed by atoms with van der Waals surface area (Å²) in [6.07, 6.45) is 5.54. The molecule has 2 nitrogen and oxygen atoms in total. The van der Waals surface area contributed by atoms with Gasteiger partial charge in [-0.3, -0.25) is 0 Å². The topological polar surface area (TPSA) is 15.3 Å². The van der Waals surface area contributed by atoms with Gasteiger partial charge in [-0.2, -0.15) is 0 Å². The smallest absolute Gasteiger partial charge is 0.0107 e. The molecule has 0 saturated carbocycles. The van der Waals surface area contributed by atoms with Crippen molar-refractivity contribution < 1.29 is 0 Å². The molecule has 0 amide bonds. The second-order valence-electron chi connectivity index (χ2n) is 6.71. The van der Waals surface area contributed by atoms with Crippen LogP contribution in [0.3, 0.4) is 0 Å². The summed E-state index contributed by atoms with van der Waals surface area (Å²) >= 11 is 0. The number of piperidine rings is 1. The number of hydrogen-bond donors (Lipinski definition) is 1. The quantitative estimate of drug-likeness (QED) is 0.718. The minimum absolute atomic E-state index is 0.453. The van der Waals surface area contributed by atoms with Crippen LogP contribution in [0.2, 0.25) is 0 Å². The van der Waals surface area contributed by atoms with Gasteiger partial charge in [-0.15, -0.1) is 0 Å². The lowest BCUT2D eigenvalue weighted by molar-refractivity contribution is 0.222. The Kier molecular flexibility index (Phi) is 6.50. The van der Waals surface area contributed by atoms with Crippen molar-refractivity contribution in [3.8, 4) is 0 Å². The van der Waals surface area contributed by atoms with Gasteiger partial charge in [0.1, 0.15) is 0 Å². The summed E-state index contributed by atoms with van der Waals surface area (Å²) in [5.74, 6) is 0.796. The van der Waals surface area contributed by atoms with E-state index in [9.17, 15) is 0 Å². The zero-order chi connectivity index (χ0) is 12.7. The molecule has 0 aromatic carbocycles. The van der Waals surface area contributed by atoms with Crippen molar-refractivity contribution in [2.75, 3.05) is 32.7 Å². The molecule has 102 valence electrons. The molecular formula is C15H32N2. The fourth-order valence-corrected chi connectivity index (χ4v) is 2.30. The van der Waals surface area contributed by atoms with E-state index in [0.717, 1.165) is 12.5 Å². The highest BCUT2D eigenvalue weighted by atomic mass is 15.1. The summed E-state index contributed by atoms with van der Waals surface area (Å²) in [6, 6.07) is 0. The third-order valence-corrected chi connectivity index (χ3v) is 4.29. The van der Waals surface area contributed by atoms with Crippen molar-refractivity contribution in [2.45, 2.75) is 53.4 Å². The highest BCUT2D eigenvalue weighted by Crippen LogP contribution is 2.27. The molecule has 2 heteroatoms. The Balaban J connectivity index is 1.97. The van der Waals surface area contributed by atoms with Crippen LogP contribution >= 0.6 is 0 Å². The van der Waals surface area contributed by atoms with E-state index in [1.807, 2.05) is 0 Å². The normalized spacial score (nSPS) is 20.5. The number of rotatable bonds is 6. The average molecular weight is 240 g/mol. The fraction of sp³-hybridized carbons (Fsp3) is 1.00. The Morgan fingerprint density at radius 3 is 2.29 bits per heavy atom. The van der Waals surface area contributed by atoms with Crippen molar-refractivity contribution in [1.29, 1.82) is 0 Å². The SMILES string of the molecule is CC(CCNCCN1CCCCC1)C(C)(C)C. The van der Waals surface area contributed by atoms with Crippen molar-refractivity contribution in [3.05, 3.63) is 0 Å². The zero-order valence-electron chi connectivity index (χ0n) is 12.4. The molecule has 1 fully saturated rings. The molecule has 1 unspecified atom stereocenters. The van der Waals surface area contributed by atoms with Crippen LogP contribution in [0, 0.1) is 11.3 Å². The summed E-state index contributed by atoms with van der Waals surface area (Å²) < 4.78 is 0. The summed E-state index contributed by atoms with van der Waals surface area (Å²) in [6.45, 7) is 15.6. The molecule has 1 rings (SSSR count). The van der Waals surface area contributed by atoms with Crippen molar-refractivity contribution in [3.63, 3.8) is 0 Å². The lowest BCUT2D eigenvalue weighted by atomic mass is 9.80. The molecule has 17 heavy (non-hydrogen) atoms. The van der Waals surface area contributed by atoms with Gasteiger partial charge in [0, 0.05) is 13.1 Å². The molecule has 1 atom stereocenters. The third-order valence-electron chi connectivity index (χ3n) is 4.29. The maximum Gasteiger partial charge on any atom is 0.0107 e. The van der Waals surface area contributed by atoms with Crippen molar-refractivity contribution in [1.82, 2.24) is 10.2 Å². The van der Waals surface area contributed by atoms with Gasteiger partial charge >= 0.3 is 0 Å². The first kappa shape index (κ1) is 15.0. The molecule has 0 radical (unpaired) electrons. The minimum atomic E-state index is 0.453. The van der Waals surface area contributed by atoms with Gasteiger partial charge < -0.3 is 10.2 Å². The van der Waals surface area contributed by atoms with E-state index in [2.05, 4.69) is 37.9 Å². The van der Waals surface area contributed by atoms with E-state index >= 15 is 0 Å². The van der Waals surface area contributed by atoms with Crippen molar-refractivity contribution in [2.24, 2.45) is 11.3 Å². The Labute approximate surface area is 108 Å². The van der Waals surface area contributed by atoms with Crippen molar-refractivity contribution >= 4 is 0 Å². The van der Waals surface area contributed by atoms with Crippen LogP contribution in [0.1, 0.15) is 53.4 Å². The first-order valence-corrected chi connectivity index (χ1v) is 7.43. The van der Waals surface area contributed by atoms with Crippen LogP contribution in [0.15, 0.2) is 0 Å². The number of hydrogen-bond acceptors (Lipinski definition) is 2. The summed E-state index contributed by atoms with van der Waals surface area (Å²) in [7, 11) is 0. The van der Waals surface area contributed by atoms with E-state index in [1.165, 1.54) is 51.9 Å². The van der Waals surface area contributed by atoms with Gasteiger partial charge in [0.05, 0.1) is 0 Å². The summed E-state index contributed by atoms with van der Waals surface area (Å²) in [5.41, 5.74) is 0.453. The molecule has 0 aromatic heterocycles. The zero-order valence-corrected chi connectivity index (χ0v) is 12.4. The molecule has 0 spiro atoms. The standard InChI is InChI=1S/C15H32N2/c1-14(15(2,3)4)8-9-16-10-13-17-11-6-5-7-12-17/h14,16H,5-13H2,1-4H3. The lowest BCUT2D eigenvalue weighted by Gasteiger charge is -2.28. The predicted molar refractivity (Wildman–Crippen MR) is 76.4 cm³/mol. The molecule has 1 aliphatic rings. The van der Waals surface area contributed by atoms with E-state index in [1.54, 1.807) is 0 Å². The largest absolute Gasteiger partial charge is 0.315 e. The number of likely N-dealkylation sites (tertiary alicyclic amines) is 1. The van der Waals surface area contributed by atoms with Crippen LogP contribution < -0.4 is 5.32 Å². The van der Waals surface area contributed by atoms with E-state index in [0.29, 0.717) is 5.41 Å². The number of nitrogens with one attached hydrogen (secondary N) is 1. The third kappa shape index (κ3) is 6.42. The van der Waals surface area contributed by atoms with Gasteiger partial charge in [-0.05, 0) is 50.2 Å². The fourth-order valence-electron chi connectivity index (χ4n) is 2.30. The van der Waals surface area contributed by atoms with Gasteiger partial charge in [-0.1, -0.05) is 34.1 Å². The lowest BCUT2D eigenvalue weighted by Crippen LogP contribution is -2.36. The summed E-state index contributed by atoms with van der Waals surface area (Å²) in [4.78, 5) is 2.60. The maximum absolute atomic E-state index is 3.59. The highest BCUT2D eigenvalue weighted by molar-refractivity contribution is 4.71. The Hall–Kier alpha value is -0.0800. The first-order valence-electron chi connectivity index (χ1n) is 7.43. The molecule has 1 saturated heterocycles. The molecular weight excluding hydrogens is 208 g/mol. The van der Waals surface area contributed by atoms with E-state index in [-0.39, 0.29) is 0 Å². The van der Waals surface area contributed by atoms with Gasteiger partial charge in [0.15, 0.2) is 0 Å². The van der Waals surface area contributed by atoms with Crippen LogP contribution in [-0.2, 0) is 0 Å². The van der Waals surface area contributed by atoms with Gasteiger partial charge in [0.25, 0.3) is 0 Å². The molecule has 1 N–H and O–H groups in total. The highest BCUT2D eigenvalue weighted by Gasteiger charge is 2.19. The molecule has 0 aliphatic carbocycles. The first-order chi connectivity index (χ1) is 8.00. The van der Waals surface area contributed by atoms with Gasteiger partial charge in [0.2, 0.25) is 0 Å². The minimum Gasteiger partial charge on any atom is -0.315 e.